The lowest BCUT2D eigenvalue weighted by Gasteiger charge is -2.08. The van der Waals surface area contributed by atoms with Crippen LogP contribution in [0.1, 0.15) is 21.5 Å². The highest BCUT2D eigenvalue weighted by Gasteiger charge is 2.10. The number of alkyl halides is 1. The van der Waals surface area contributed by atoms with E-state index in [1.807, 2.05) is 32.0 Å². The Labute approximate surface area is 120 Å². The Bertz CT molecular complexity index is 635. The molecule has 0 radical (unpaired) electrons. The summed E-state index contributed by atoms with van der Waals surface area (Å²) in [5, 5.41) is 0.204. The van der Waals surface area contributed by atoms with Crippen molar-refractivity contribution in [2.45, 2.75) is 13.8 Å². The number of hydrogen-bond acceptors (Lipinski definition) is 1. The van der Waals surface area contributed by atoms with Gasteiger partial charge in [-0.15, -0.1) is 0 Å². The summed E-state index contributed by atoms with van der Waals surface area (Å²) in [5.41, 5.74) is 4.04. The van der Waals surface area contributed by atoms with Crippen LogP contribution >= 0.6 is 15.9 Å². The zero-order valence-electron chi connectivity index (χ0n) is 10.8. The number of rotatable bonds is 3. The Morgan fingerprint density at radius 2 is 1.84 bits per heavy atom. The maximum atomic E-state index is 14.1. The summed E-state index contributed by atoms with van der Waals surface area (Å²) in [6, 6.07) is 10.5. The predicted molar refractivity (Wildman–Crippen MR) is 79.4 cm³/mol. The third-order valence-corrected chi connectivity index (χ3v) is 3.74. The van der Waals surface area contributed by atoms with Gasteiger partial charge in [0.2, 0.25) is 0 Å². The second-order valence-electron chi connectivity index (χ2n) is 4.55. The molecule has 0 amide bonds. The molecule has 0 spiro atoms. The van der Waals surface area contributed by atoms with E-state index >= 15 is 0 Å². The molecule has 3 heteroatoms. The summed E-state index contributed by atoms with van der Waals surface area (Å²) in [7, 11) is 0. The van der Waals surface area contributed by atoms with E-state index in [4.69, 9.17) is 0 Å². The fourth-order valence-corrected chi connectivity index (χ4v) is 2.23. The lowest BCUT2D eigenvalue weighted by molar-refractivity contribution is 0.102. The summed E-state index contributed by atoms with van der Waals surface area (Å²) in [6.45, 7) is 4.02. The van der Waals surface area contributed by atoms with Gasteiger partial charge in [-0.2, -0.15) is 0 Å². The second kappa shape index (κ2) is 5.66. The topological polar surface area (TPSA) is 17.1 Å². The van der Waals surface area contributed by atoms with Gasteiger partial charge in [0, 0.05) is 11.1 Å². The predicted octanol–water partition coefficient (Wildman–Crippen LogP) is 4.69. The highest BCUT2D eigenvalue weighted by Crippen LogP contribution is 2.25. The highest BCUT2D eigenvalue weighted by molar-refractivity contribution is 9.09. The van der Waals surface area contributed by atoms with Gasteiger partial charge in [0.1, 0.15) is 5.82 Å². The third kappa shape index (κ3) is 2.92. The third-order valence-electron chi connectivity index (χ3n) is 3.23. The molecule has 2 aromatic carbocycles. The summed E-state index contributed by atoms with van der Waals surface area (Å²) < 4.78 is 14.1. The molecule has 0 aromatic heterocycles. The van der Waals surface area contributed by atoms with Crippen molar-refractivity contribution in [3.63, 3.8) is 0 Å². The number of benzene rings is 2. The lowest BCUT2D eigenvalue weighted by Crippen LogP contribution is -2.01. The highest BCUT2D eigenvalue weighted by atomic mass is 79.9. The fourth-order valence-electron chi connectivity index (χ4n) is 1.91. The van der Waals surface area contributed by atoms with E-state index in [0.29, 0.717) is 11.1 Å². The molecule has 1 nitrogen and oxygen atoms in total. The van der Waals surface area contributed by atoms with Crippen LogP contribution in [0.3, 0.4) is 0 Å². The molecule has 0 aliphatic rings. The van der Waals surface area contributed by atoms with Gasteiger partial charge in [-0.25, -0.2) is 4.39 Å². The fraction of sp³-hybridized carbons (Fsp3) is 0.188. The van der Waals surface area contributed by atoms with Crippen LogP contribution in [0.2, 0.25) is 0 Å². The van der Waals surface area contributed by atoms with Gasteiger partial charge in [-0.1, -0.05) is 46.3 Å². The van der Waals surface area contributed by atoms with Gasteiger partial charge in [0.05, 0.1) is 5.33 Å². The Morgan fingerprint density at radius 3 is 2.42 bits per heavy atom. The molecule has 2 aromatic rings. The van der Waals surface area contributed by atoms with E-state index in [-0.39, 0.29) is 16.9 Å². The van der Waals surface area contributed by atoms with Crippen LogP contribution in [0, 0.1) is 19.7 Å². The average Bonchev–Trinajstić information content (AvgIpc) is 2.41. The van der Waals surface area contributed by atoms with Crippen molar-refractivity contribution < 1.29 is 9.18 Å². The van der Waals surface area contributed by atoms with Gasteiger partial charge >= 0.3 is 0 Å². The van der Waals surface area contributed by atoms with E-state index in [0.717, 1.165) is 11.1 Å². The number of hydrogen-bond donors (Lipinski definition) is 0. The first-order valence-electron chi connectivity index (χ1n) is 5.99. The Hall–Kier alpha value is -1.48. The normalized spacial score (nSPS) is 10.5. The van der Waals surface area contributed by atoms with Crippen molar-refractivity contribution >= 4 is 21.7 Å². The first-order valence-corrected chi connectivity index (χ1v) is 7.11. The van der Waals surface area contributed by atoms with Crippen molar-refractivity contribution in [3.05, 3.63) is 58.9 Å². The lowest BCUT2D eigenvalue weighted by atomic mass is 9.98. The van der Waals surface area contributed by atoms with Crippen molar-refractivity contribution in [2.75, 3.05) is 5.33 Å². The molecule has 0 aliphatic heterocycles. The number of carbonyl (C=O) groups excluding carboxylic acids is 1. The summed E-state index contributed by atoms with van der Waals surface area (Å²) in [5.74, 6) is -0.486. The summed E-state index contributed by atoms with van der Waals surface area (Å²) in [6.07, 6.45) is 0. The zero-order chi connectivity index (χ0) is 14.0. The van der Waals surface area contributed by atoms with Gasteiger partial charge in [-0.05, 0) is 36.6 Å². The largest absolute Gasteiger partial charge is 0.293 e. The molecule has 0 saturated carbocycles. The Kier molecular flexibility index (Phi) is 4.15. The molecular formula is C16H14BrFO. The minimum Gasteiger partial charge on any atom is -0.293 e. The zero-order valence-corrected chi connectivity index (χ0v) is 12.4. The smallest absolute Gasteiger partial charge is 0.173 e. The number of aryl methyl sites for hydroxylation is 2. The van der Waals surface area contributed by atoms with Gasteiger partial charge in [0.15, 0.2) is 5.78 Å². The maximum Gasteiger partial charge on any atom is 0.173 e. The quantitative estimate of drug-likeness (QED) is 0.592. The minimum atomic E-state index is -0.366. The van der Waals surface area contributed by atoms with Crippen molar-refractivity contribution in [1.29, 1.82) is 0 Å². The van der Waals surface area contributed by atoms with Crippen molar-refractivity contribution in [2.24, 2.45) is 0 Å². The summed E-state index contributed by atoms with van der Waals surface area (Å²) in [4.78, 5) is 11.5. The van der Waals surface area contributed by atoms with E-state index in [2.05, 4.69) is 15.9 Å². The number of halogens is 2. The molecule has 0 unspecified atom stereocenters. The first-order chi connectivity index (χ1) is 9.02. The summed E-state index contributed by atoms with van der Waals surface area (Å²) >= 11 is 3.08. The molecule has 0 N–H and O–H groups in total. The van der Waals surface area contributed by atoms with Crippen LogP contribution in [-0.4, -0.2) is 11.1 Å². The molecule has 0 bridgehead atoms. The van der Waals surface area contributed by atoms with Gasteiger partial charge < -0.3 is 0 Å². The Balaban J connectivity index is 2.46. The van der Waals surface area contributed by atoms with E-state index in [1.165, 1.54) is 11.6 Å². The van der Waals surface area contributed by atoms with Crippen LogP contribution in [0.5, 0.6) is 0 Å². The monoisotopic (exact) mass is 320 g/mol. The van der Waals surface area contributed by atoms with Crippen LogP contribution in [0.4, 0.5) is 4.39 Å². The molecule has 98 valence electrons. The molecule has 0 fully saturated rings. The molecule has 2 rings (SSSR count). The Morgan fingerprint density at radius 1 is 1.11 bits per heavy atom. The number of ketones is 1. The van der Waals surface area contributed by atoms with Crippen molar-refractivity contribution in [3.8, 4) is 11.1 Å². The van der Waals surface area contributed by atoms with Crippen LogP contribution in [0.15, 0.2) is 36.4 Å². The number of carbonyl (C=O) groups is 1. The average molecular weight is 321 g/mol. The maximum absolute atomic E-state index is 14.1. The second-order valence-corrected chi connectivity index (χ2v) is 5.11. The molecule has 0 saturated heterocycles. The molecule has 0 heterocycles. The van der Waals surface area contributed by atoms with Gasteiger partial charge in [-0.3, -0.25) is 4.79 Å². The van der Waals surface area contributed by atoms with E-state index in [9.17, 15) is 9.18 Å². The SMILES string of the molecule is Cc1ccc(-c2ccc(C(=O)CBr)cc2F)cc1C. The first kappa shape index (κ1) is 13.9. The van der Waals surface area contributed by atoms with Gasteiger partial charge in [0.25, 0.3) is 0 Å². The minimum absolute atomic E-state index is 0.120. The van der Waals surface area contributed by atoms with E-state index < -0.39 is 0 Å². The number of Topliss-reactive ketones (excluding diaryl/α,β-unsaturated/α-hetero) is 1. The van der Waals surface area contributed by atoms with E-state index in [1.54, 1.807) is 12.1 Å². The molecular weight excluding hydrogens is 307 g/mol. The van der Waals surface area contributed by atoms with Crippen molar-refractivity contribution in [1.82, 2.24) is 0 Å². The molecule has 19 heavy (non-hydrogen) atoms. The van der Waals surface area contributed by atoms with Crippen LogP contribution in [-0.2, 0) is 0 Å². The molecule has 0 atom stereocenters. The standard InChI is InChI=1S/C16H14BrFO/c1-10-3-4-12(7-11(10)2)14-6-5-13(8-15(14)18)16(19)9-17/h3-8H,9H2,1-2H3. The molecule has 0 aliphatic carbocycles. The van der Waals surface area contributed by atoms with Crippen LogP contribution in [0.25, 0.3) is 11.1 Å². The van der Waals surface area contributed by atoms with Crippen LogP contribution < -0.4 is 0 Å².